The number of anilines is 1. The second-order valence-corrected chi connectivity index (χ2v) is 8.60. The number of rotatable bonds is 7. The van der Waals surface area contributed by atoms with E-state index in [9.17, 15) is 9.59 Å². The first-order valence-corrected chi connectivity index (χ1v) is 11.1. The lowest BCUT2D eigenvalue weighted by molar-refractivity contribution is -0.118. The third-order valence-corrected chi connectivity index (χ3v) is 5.47. The van der Waals surface area contributed by atoms with E-state index in [0.717, 1.165) is 31.5 Å². The minimum absolute atomic E-state index is 0.141. The molecule has 0 aromatic heterocycles. The van der Waals surface area contributed by atoms with Crippen LogP contribution in [-0.2, 0) is 22.6 Å². The zero-order valence-electron chi connectivity index (χ0n) is 17.5. The molecule has 160 valence electrons. The van der Waals surface area contributed by atoms with Crippen LogP contribution in [0.2, 0.25) is 0 Å². The number of ether oxygens (including phenoxy) is 1. The van der Waals surface area contributed by atoms with Gasteiger partial charge in [0.2, 0.25) is 5.91 Å². The molecule has 5 nitrogen and oxygen atoms in total. The van der Waals surface area contributed by atoms with E-state index in [2.05, 4.69) is 33.2 Å². The van der Waals surface area contributed by atoms with Crippen molar-refractivity contribution in [1.82, 2.24) is 5.32 Å². The van der Waals surface area contributed by atoms with Gasteiger partial charge in [-0.15, -0.1) is 0 Å². The Balaban J connectivity index is 1.72. The van der Waals surface area contributed by atoms with Gasteiger partial charge in [-0.25, -0.2) is 4.79 Å². The Kier molecular flexibility index (Phi) is 8.06. The van der Waals surface area contributed by atoms with Crippen molar-refractivity contribution in [3.8, 4) is 0 Å². The summed E-state index contributed by atoms with van der Waals surface area (Å²) >= 11 is 2.25. The molecule has 3 rings (SSSR count). The maximum Gasteiger partial charge on any atom is 0.408 e. The number of nitrogens with one attached hydrogen (secondary N) is 2. The molecule has 0 heterocycles. The Labute approximate surface area is 196 Å². The molecular weight excluding hydrogens is 503 g/mol. The largest absolute Gasteiger partial charge is 0.445 e. The van der Waals surface area contributed by atoms with E-state index in [-0.39, 0.29) is 12.5 Å². The lowest BCUT2D eigenvalue weighted by Gasteiger charge is -2.20. The Hall–Kier alpha value is -2.87. The molecule has 6 heteroatoms. The Morgan fingerprint density at radius 1 is 0.903 bits per heavy atom. The van der Waals surface area contributed by atoms with Gasteiger partial charge in [-0.2, -0.15) is 0 Å². The summed E-state index contributed by atoms with van der Waals surface area (Å²) in [5, 5.41) is 5.72. The molecule has 3 aromatic rings. The zero-order valence-corrected chi connectivity index (χ0v) is 19.7. The number of amides is 2. The SMILES string of the molecule is Cc1cc(I)cc(C)c1NC(=O)[C@H](Cc1ccccc1)NC(=O)OCc1ccccc1. The fourth-order valence-electron chi connectivity index (χ4n) is 3.28. The van der Waals surface area contributed by atoms with Crippen molar-refractivity contribution >= 4 is 40.3 Å². The number of aryl methyl sites for hydroxylation is 2. The minimum atomic E-state index is -0.774. The molecule has 0 saturated heterocycles. The molecule has 0 aliphatic carbocycles. The van der Waals surface area contributed by atoms with E-state index in [1.807, 2.05) is 86.6 Å². The average Bonchev–Trinajstić information content (AvgIpc) is 2.75. The summed E-state index contributed by atoms with van der Waals surface area (Å²) in [5.74, 6) is -0.284. The molecule has 0 unspecified atom stereocenters. The number of halogens is 1. The zero-order chi connectivity index (χ0) is 22.2. The molecule has 0 aliphatic heterocycles. The van der Waals surface area contributed by atoms with Crippen LogP contribution in [0.1, 0.15) is 22.3 Å². The minimum Gasteiger partial charge on any atom is -0.445 e. The summed E-state index contributed by atoms with van der Waals surface area (Å²) in [7, 11) is 0. The summed E-state index contributed by atoms with van der Waals surface area (Å²) in [4.78, 5) is 25.6. The monoisotopic (exact) mass is 528 g/mol. The number of carbonyl (C=O) groups excluding carboxylic acids is 2. The van der Waals surface area contributed by atoms with Gasteiger partial charge in [-0.1, -0.05) is 60.7 Å². The molecule has 2 N–H and O–H groups in total. The summed E-state index contributed by atoms with van der Waals surface area (Å²) < 4.78 is 6.43. The Morgan fingerprint density at radius 3 is 2.03 bits per heavy atom. The van der Waals surface area contributed by atoms with Crippen LogP contribution in [0.15, 0.2) is 72.8 Å². The van der Waals surface area contributed by atoms with Crippen LogP contribution in [0.25, 0.3) is 0 Å². The van der Waals surface area contributed by atoms with Crippen molar-refractivity contribution in [2.45, 2.75) is 32.9 Å². The van der Waals surface area contributed by atoms with Gasteiger partial charge >= 0.3 is 6.09 Å². The van der Waals surface area contributed by atoms with Crippen molar-refractivity contribution in [3.63, 3.8) is 0 Å². The molecule has 31 heavy (non-hydrogen) atoms. The fourth-order valence-corrected chi connectivity index (χ4v) is 4.22. The van der Waals surface area contributed by atoms with Crippen LogP contribution in [0, 0.1) is 17.4 Å². The molecule has 0 radical (unpaired) electrons. The highest BCUT2D eigenvalue weighted by molar-refractivity contribution is 14.1. The van der Waals surface area contributed by atoms with Crippen molar-refractivity contribution in [3.05, 3.63) is 98.6 Å². The molecule has 0 fully saturated rings. The molecular formula is C25H25IN2O3. The van der Waals surface area contributed by atoms with Crippen molar-refractivity contribution in [1.29, 1.82) is 0 Å². The second kappa shape index (κ2) is 10.9. The summed E-state index contributed by atoms with van der Waals surface area (Å²) in [5.41, 5.74) is 4.54. The first-order valence-electron chi connectivity index (χ1n) is 10.0. The third kappa shape index (κ3) is 6.82. The van der Waals surface area contributed by atoms with E-state index in [4.69, 9.17) is 4.74 Å². The van der Waals surface area contributed by atoms with Crippen molar-refractivity contribution in [2.24, 2.45) is 0 Å². The number of alkyl carbamates (subject to hydrolysis) is 1. The summed E-state index contributed by atoms with van der Waals surface area (Å²) in [6.45, 7) is 4.05. The molecule has 0 saturated carbocycles. The van der Waals surface area contributed by atoms with E-state index < -0.39 is 12.1 Å². The normalized spacial score (nSPS) is 11.5. The lowest BCUT2D eigenvalue weighted by atomic mass is 10.0. The average molecular weight is 528 g/mol. The molecule has 3 aromatic carbocycles. The number of carbonyl (C=O) groups is 2. The highest BCUT2D eigenvalue weighted by atomic mass is 127. The number of hydrogen-bond acceptors (Lipinski definition) is 3. The van der Waals surface area contributed by atoms with Crippen LogP contribution in [-0.4, -0.2) is 18.0 Å². The van der Waals surface area contributed by atoms with Gasteiger partial charge in [-0.05, 0) is 70.8 Å². The van der Waals surface area contributed by atoms with Gasteiger partial charge in [0.1, 0.15) is 12.6 Å². The fraction of sp³-hybridized carbons (Fsp3) is 0.200. The van der Waals surface area contributed by atoms with Gasteiger partial charge in [0.15, 0.2) is 0 Å². The molecule has 2 amide bonds. The quantitative estimate of drug-likeness (QED) is 0.405. The topological polar surface area (TPSA) is 67.4 Å². The van der Waals surface area contributed by atoms with Gasteiger partial charge in [0.05, 0.1) is 0 Å². The van der Waals surface area contributed by atoms with E-state index in [1.165, 1.54) is 0 Å². The van der Waals surface area contributed by atoms with Gasteiger partial charge in [0.25, 0.3) is 0 Å². The second-order valence-electron chi connectivity index (χ2n) is 7.35. The first kappa shape index (κ1) is 22.8. The first-order chi connectivity index (χ1) is 14.9. The Morgan fingerprint density at radius 2 is 1.45 bits per heavy atom. The smallest absolute Gasteiger partial charge is 0.408 e. The highest BCUT2D eigenvalue weighted by Crippen LogP contribution is 2.23. The third-order valence-electron chi connectivity index (χ3n) is 4.85. The molecule has 0 bridgehead atoms. The Bertz CT molecular complexity index is 1020. The van der Waals surface area contributed by atoms with E-state index in [1.54, 1.807) is 0 Å². The predicted octanol–water partition coefficient (Wildman–Crippen LogP) is 5.38. The number of benzene rings is 3. The van der Waals surface area contributed by atoms with Crippen molar-refractivity contribution < 1.29 is 14.3 Å². The standard InChI is InChI=1S/C25H25IN2O3/c1-17-13-21(26)14-18(2)23(17)28-24(29)22(15-19-9-5-3-6-10-19)27-25(30)31-16-20-11-7-4-8-12-20/h3-14,22H,15-16H2,1-2H3,(H,27,30)(H,28,29)/t22-/m0/s1. The van der Waals surface area contributed by atoms with Gasteiger partial charge in [0, 0.05) is 15.7 Å². The van der Waals surface area contributed by atoms with Crippen LogP contribution in [0.5, 0.6) is 0 Å². The van der Waals surface area contributed by atoms with Gasteiger partial charge in [-0.3, -0.25) is 4.79 Å². The van der Waals surface area contributed by atoms with Crippen LogP contribution >= 0.6 is 22.6 Å². The molecule has 0 aliphatic rings. The van der Waals surface area contributed by atoms with Crippen LogP contribution < -0.4 is 10.6 Å². The predicted molar refractivity (Wildman–Crippen MR) is 131 cm³/mol. The van der Waals surface area contributed by atoms with E-state index >= 15 is 0 Å². The number of hydrogen-bond donors (Lipinski definition) is 2. The van der Waals surface area contributed by atoms with Crippen molar-refractivity contribution in [2.75, 3.05) is 5.32 Å². The van der Waals surface area contributed by atoms with Crippen LogP contribution in [0.4, 0.5) is 10.5 Å². The molecule has 1 atom stereocenters. The van der Waals surface area contributed by atoms with Crippen LogP contribution in [0.3, 0.4) is 0 Å². The molecule has 0 spiro atoms. The maximum atomic E-state index is 13.1. The van der Waals surface area contributed by atoms with E-state index in [0.29, 0.717) is 6.42 Å². The summed E-state index contributed by atoms with van der Waals surface area (Å²) in [6, 6.07) is 22.3. The highest BCUT2D eigenvalue weighted by Gasteiger charge is 2.23. The van der Waals surface area contributed by atoms with Gasteiger partial charge < -0.3 is 15.4 Å². The summed E-state index contributed by atoms with van der Waals surface area (Å²) in [6.07, 6.45) is -0.272. The lowest BCUT2D eigenvalue weighted by Crippen LogP contribution is -2.45. The maximum absolute atomic E-state index is 13.1.